The van der Waals surface area contributed by atoms with Crippen molar-refractivity contribution in [2.24, 2.45) is 0 Å². The van der Waals surface area contributed by atoms with Crippen LogP contribution in [-0.2, 0) is 19.4 Å². The molecule has 0 radical (unpaired) electrons. The Morgan fingerprint density at radius 1 is 1.44 bits per heavy atom. The molecule has 0 aromatic carbocycles. The largest absolute Gasteiger partial charge is 0.481 e. The maximum absolute atomic E-state index is 11.5. The molecular formula is C9H15NO5S. The molecule has 7 heteroatoms. The number of hydrogen-bond donors (Lipinski definition) is 1. The van der Waals surface area contributed by atoms with Crippen molar-refractivity contribution in [1.82, 2.24) is 4.90 Å². The molecule has 0 aromatic heterocycles. The van der Waals surface area contributed by atoms with Crippen LogP contribution < -0.4 is 0 Å². The van der Waals surface area contributed by atoms with E-state index in [1.807, 2.05) is 0 Å². The van der Waals surface area contributed by atoms with Gasteiger partial charge in [0.25, 0.3) is 0 Å². The summed E-state index contributed by atoms with van der Waals surface area (Å²) < 4.78 is 22.7. The van der Waals surface area contributed by atoms with Crippen LogP contribution in [0.5, 0.6) is 0 Å². The normalized spacial score (nSPS) is 24.1. The highest BCUT2D eigenvalue weighted by atomic mass is 32.2. The molecular weight excluding hydrogens is 234 g/mol. The summed E-state index contributed by atoms with van der Waals surface area (Å²) in [6.45, 7) is 1.77. The minimum absolute atomic E-state index is 0.0745. The van der Waals surface area contributed by atoms with Crippen LogP contribution in [0.3, 0.4) is 0 Å². The summed E-state index contributed by atoms with van der Waals surface area (Å²) in [7, 11) is -3.21. The third-order valence-electron chi connectivity index (χ3n) is 2.56. The molecule has 92 valence electrons. The Kier molecular flexibility index (Phi) is 3.90. The number of aliphatic carboxylic acids is 1. The van der Waals surface area contributed by atoms with E-state index >= 15 is 0 Å². The van der Waals surface area contributed by atoms with Crippen molar-refractivity contribution >= 4 is 21.7 Å². The van der Waals surface area contributed by atoms with Crippen LogP contribution in [0.4, 0.5) is 0 Å². The molecule has 1 rings (SSSR count). The molecule has 1 unspecified atom stereocenters. The highest BCUT2D eigenvalue weighted by Gasteiger charge is 2.34. The first-order chi connectivity index (χ1) is 7.35. The third-order valence-corrected chi connectivity index (χ3v) is 4.26. The molecule has 0 aromatic rings. The van der Waals surface area contributed by atoms with Crippen molar-refractivity contribution in [3.63, 3.8) is 0 Å². The lowest BCUT2D eigenvalue weighted by atomic mass is 10.2. The van der Waals surface area contributed by atoms with Crippen LogP contribution in [-0.4, -0.2) is 54.4 Å². The summed E-state index contributed by atoms with van der Waals surface area (Å²) in [5.41, 5.74) is 0. The molecule has 1 aliphatic heterocycles. The molecule has 0 bridgehead atoms. The van der Waals surface area contributed by atoms with Gasteiger partial charge in [-0.2, -0.15) is 0 Å². The fraction of sp³-hybridized carbons (Fsp3) is 0.778. The SMILES string of the molecule is CCC(=O)N1CCS(=O)(=O)CC1CC(=O)O. The number of carbonyl (C=O) groups is 2. The molecule has 1 aliphatic rings. The van der Waals surface area contributed by atoms with Gasteiger partial charge in [-0.25, -0.2) is 8.42 Å². The van der Waals surface area contributed by atoms with E-state index in [9.17, 15) is 18.0 Å². The number of carboxylic acids is 1. The lowest BCUT2D eigenvalue weighted by Crippen LogP contribution is -2.51. The number of amides is 1. The van der Waals surface area contributed by atoms with Crippen molar-refractivity contribution in [3.8, 4) is 0 Å². The molecule has 0 saturated carbocycles. The van der Waals surface area contributed by atoms with Gasteiger partial charge >= 0.3 is 5.97 Å². The number of carboxylic acid groups (broad SMARTS) is 1. The van der Waals surface area contributed by atoms with Crippen LogP contribution in [0.15, 0.2) is 0 Å². The van der Waals surface area contributed by atoms with Crippen molar-refractivity contribution in [2.45, 2.75) is 25.8 Å². The second-order valence-electron chi connectivity index (χ2n) is 3.81. The van der Waals surface area contributed by atoms with Crippen molar-refractivity contribution < 1.29 is 23.1 Å². The van der Waals surface area contributed by atoms with E-state index in [1.54, 1.807) is 6.92 Å². The summed E-state index contributed by atoms with van der Waals surface area (Å²) in [4.78, 5) is 23.5. The Balaban J connectivity index is 2.83. The third kappa shape index (κ3) is 3.19. The van der Waals surface area contributed by atoms with E-state index in [4.69, 9.17) is 5.11 Å². The zero-order valence-corrected chi connectivity index (χ0v) is 9.87. The standard InChI is InChI=1S/C9H15NO5S/c1-2-8(11)10-3-4-16(14,15)6-7(10)5-9(12)13/h7H,2-6H2,1H3,(H,12,13). The highest BCUT2D eigenvalue weighted by Crippen LogP contribution is 2.16. The fourth-order valence-corrected chi connectivity index (χ4v) is 3.31. The topological polar surface area (TPSA) is 91.8 Å². The van der Waals surface area contributed by atoms with Crippen molar-refractivity contribution in [3.05, 3.63) is 0 Å². The number of carbonyl (C=O) groups excluding carboxylic acids is 1. The van der Waals surface area contributed by atoms with E-state index in [2.05, 4.69) is 0 Å². The summed E-state index contributed by atoms with van der Waals surface area (Å²) >= 11 is 0. The summed E-state index contributed by atoms with van der Waals surface area (Å²) in [6, 6.07) is -0.719. The summed E-state index contributed by atoms with van der Waals surface area (Å²) in [6.07, 6.45) is -0.0544. The minimum atomic E-state index is -3.21. The van der Waals surface area contributed by atoms with Crippen LogP contribution in [0.2, 0.25) is 0 Å². The van der Waals surface area contributed by atoms with Crippen molar-refractivity contribution in [1.29, 1.82) is 0 Å². The number of sulfone groups is 1. The van der Waals surface area contributed by atoms with Crippen LogP contribution >= 0.6 is 0 Å². The predicted molar refractivity (Wildman–Crippen MR) is 56.7 cm³/mol. The lowest BCUT2D eigenvalue weighted by molar-refractivity contribution is -0.140. The molecule has 1 fully saturated rings. The average Bonchev–Trinajstić information content (AvgIpc) is 2.14. The van der Waals surface area contributed by atoms with E-state index < -0.39 is 21.8 Å². The van der Waals surface area contributed by atoms with Gasteiger partial charge in [0.15, 0.2) is 9.84 Å². The molecule has 16 heavy (non-hydrogen) atoms. The van der Waals surface area contributed by atoms with Gasteiger partial charge in [-0.3, -0.25) is 9.59 Å². The molecule has 0 aliphatic carbocycles. The minimum Gasteiger partial charge on any atom is -0.481 e. The van der Waals surface area contributed by atoms with Gasteiger partial charge < -0.3 is 10.0 Å². The van der Waals surface area contributed by atoms with Gasteiger partial charge in [0.1, 0.15) is 0 Å². The zero-order chi connectivity index (χ0) is 12.3. The van der Waals surface area contributed by atoms with Gasteiger partial charge in [0, 0.05) is 13.0 Å². The van der Waals surface area contributed by atoms with E-state index in [-0.39, 0.29) is 36.8 Å². The molecule has 1 N–H and O–H groups in total. The lowest BCUT2D eigenvalue weighted by Gasteiger charge is -2.34. The first kappa shape index (κ1) is 13.0. The molecule has 0 spiro atoms. The zero-order valence-electron chi connectivity index (χ0n) is 9.05. The van der Waals surface area contributed by atoms with Crippen LogP contribution in [0.1, 0.15) is 19.8 Å². The van der Waals surface area contributed by atoms with E-state index in [0.29, 0.717) is 0 Å². The Morgan fingerprint density at radius 3 is 2.56 bits per heavy atom. The quantitative estimate of drug-likeness (QED) is 0.727. The van der Waals surface area contributed by atoms with E-state index in [0.717, 1.165) is 0 Å². The fourth-order valence-electron chi connectivity index (χ4n) is 1.79. The van der Waals surface area contributed by atoms with E-state index in [1.165, 1.54) is 4.90 Å². The maximum Gasteiger partial charge on any atom is 0.305 e. The molecule has 6 nitrogen and oxygen atoms in total. The smallest absolute Gasteiger partial charge is 0.305 e. The van der Waals surface area contributed by atoms with Gasteiger partial charge in [-0.15, -0.1) is 0 Å². The van der Waals surface area contributed by atoms with Gasteiger partial charge in [0.05, 0.1) is 24.0 Å². The summed E-state index contributed by atoms with van der Waals surface area (Å²) in [5.74, 6) is -1.60. The van der Waals surface area contributed by atoms with Crippen LogP contribution in [0.25, 0.3) is 0 Å². The first-order valence-corrected chi connectivity index (χ1v) is 6.89. The second kappa shape index (κ2) is 4.82. The average molecular weight is 249 g/mol. The molecule has 1 atom stereocenters. The molecule has 1 amide bonds. The number of hydrogen-bond acceptors (Lipinski definition) is 4. The van der Waals surface area contributed by atoms with Gasteiger partial charge in [-0.1, -0.05) is 6.92 Å². The number of rotatable bonds is 3. The van der Waals surface area contributed by atoms with Gasteiger partial charge in [0.2, 0.25) is 5.91 Å². The Morgan fingerprint density at radius 2 is 2.06 bits per heavy atom. The Labute approximate surface area is 94.2 Å². The van der Waals surface area contributed by atoms with Crippen LogP contribution in [0, 0.1) is 0 Å². The van der Waals surface area contributed by atoms with Crippen molar-refractivity contribution in [2.75, 3.05) is 18.1 Å². The predicted octanol–water partition coefficient (Wildman–Crippen LogP) is -0.503. The second-order valence-corrected chi connectivity index (χ2v) is 6.04. The summed E-state index contributed by atoms with van der Waals surface area (Å²) in [5, 5.41) is 8.68. The number of nitrogens with zero attached hydrogens (tertiary/aromatic N) is 1. The molecule has 1 heterocycles. The van der Waals surface area contributed by atoms with Gasteiger partial charge in [-0.05, 0) is 0 Å². The maximum atomic E-state index is 11.5. The first-order valence-electron chi connectivity index (χ1n) is 5.07. The molecule has 1 saturated heterocycles. The highest BCUT2D eigenvalue weighted by molar-refractivity contribution is 7.91. The Hall–Kier alpha value is -1.11. The monoisotopic (exact) mass is 249 g/mol. The Bertz CT molecular complexity index is 389.